The summed E-state index contributed by atoms with van der Waals surface area (Å²) in [5.74, 6) is 0. The van der Waals surface area contributed by atoms with E-state index in [2.05, 4.69) is 0 Å². The van der Waals surface area contributed by atoms with Gasteiger partial charge in [-0.3, -0.25) is 0 Å². The van der Waals surface area contributed by atoms with Crippen molar-refractivity contribution in [3.05, 3.63) is 0 Å². The molecule has 0 fully saturated rings. The first-order valence-electron chi connectivity index (χ1n) is 0. The van der Waals surface area contributed by atoms with Gasteiger partial charge in [0.05, 0.1) is 0 Å². The minimum Gasteiger partial charge on any atom is -0.344 e. The zero-order valence-electron chi connectivity index (χ0n) is 4.82. The summed E-state index contributed by atoms with van der Waals surface area (Å²) >= 11 is 0. The molecule has 0 aromatic rings. The fraction of sp³-hybridized carbons (Fsp3) is 0. The molecule has 0 aromatic heterocycles. The summed E-state index contributed by atoms with van der Waals surface area (Å²) in [6.07, 6.45) is 0. The fourth-order valence-corrected chi connectivity index (χ4v) is 0. The maximum absolute atomic E-state index is 0. The molecule has 6 nitrogen and oxygen atoms in total. The number of rotatable bonds is 0. The SMILES string of the molecule is N.N.N.N.N.N.[Al+3]. The van der Waals surface area contributed by atoms with E-state index < -0.39 is 0 Å². The molecule has 0 radical (unpaired) electrons. The predicted octanol–water partition coefficient (Wildman–Crippen LogP) is 0.591. The van der Waals surface area contributed by atoms with Crippen molar-refractivity contribution in [3.8, 4) is 0 Å². The van der Waals surface area contributed by atoms with E-state index in [4.69, 9.17) is 0 Å². The molecule has 48 valence electrons. The van der Waals surface area contributed by atoms with E-state index >= 15 is 0 Å². The third-order valence-electron chi connectivity index (χ3n) is 0. The van der Waals surface area contributed by atoms with E-state index in [1.54, 1.807) is 0 Å². The molecule has 0 atom stereocenters. The molecule has 0 rings (SSSR count). The predicted molar refractivity (Wildman–Crippen MR) is 35.9 cm³/mol. The van der Waals surface area contributed by atoms with Crippen molar-refractivity contribution < 1.29 is 0 Å². The van der Waals surface area contributed by atoms with Crippen LogP contribution in [0, 0.1) is 0 Å². The number of hydrogen-bond donors (Lipinski definition) is 6. The molecule has 0 aliphatic carbocycles. The summed E-state index contributed by atoms with van der Waals surface area (Å²) in [5.41, 5.74) is 0. The van der Waals surface area contributed by atoms with Crippen LogP contribution < -0.4 is 36.9 Å². The quantitative estimate of drug-likeness (QED) is 0.257. The standard InChI is InChI=1S/Al.6H3N/h;6*1H3/q+3;;;;;;. The van der Waals surface area contributed by atoms with E-state index in [0.717, 1.165) is 0 Å². The van der Waals surface area contributed by atoms with E-state index in [-0.39, 0.29) is 54.3 Å². The summed E-state index contributed by atoms with van der Waals surface area (Å²) in [7, 11) is 0. The van der Waals surface area contributed by atoms with Crippen molar-refractivity contribution in [1.29, 1.82) is 0 Å². The molecule has 0 heterocycles. The Morgan fingerprint density at radius 1 is 0.286 bits per heavy atom. The molecule has 0 unspecified atom stereocenters. The Hall–Kier alpha value is 0.292. The smallest absolute Gasteiger partial charge is 0.344 e. The molecule has 18 N–H and O–H groups in total. The Kier molecular flexibility index (Phi) is 994000. The molecule has 0 saturated carbocycles. The van der Waals surface area contributed by atoms with Crippen LogP contribution in [0.2, 0.25) is 0 Å². The van der Waals surface area contributed by atoms with Crippen molar-refractivity contribution in [2.24, 2.45) is 0 Å². The maximum atomic E-state index is 0. The Labute approximate surface area is 55.1 Å². The molecule has 0 bridgehead atoms. The molecule has 0 aromatic carbocycles. The van der Waals surface area contributed by atoms with Gasteiger partial charge in [0.2, 0.25) is 0 Å². The van der Waals surface area contributed by atoms with Gasteiger partial charge in [-0.1, -0.05) is 0 Å². The summed E-state index contributed by atoms with van der Waals surface area (Å²) in [5, 5.41) is 0. The molecular weight excluding hydrogens is 111 g/mol. The van der Waals surface area contributed by atoms with E-state index in [1.165, 1.54) is 0 Å². The Bertz CT molecular complexity index is 4.14. The van der Waals surface area contributed by atoms with Gasteiger partial charge in [-0.25, -0.2) is 0 Å². The van der Waals surface area contributed by atoms with Crippen molar-refractivity contribution in [1.82, 2.24) is 36.9 Å². The first-order valence-corrected chi connectivity index (χ1v) is 0. The van der Waals surface area contributed by atoms with Gasteiger partial charge in [0, 0.05) is 0 Å². The Balaban J connectivity index is 0. The second-order valence-corrected chi connectivity index (χ2v) is 0. The zero-order valence-corrected chi connectivity index (χ0v) is 5.97. The largest absolute Gasteiger partial charge is 3.00 e. The van der Waals surface area contributed by atoms with Gasteiger partial charge in [-0.05, 0) is 0 Å². The van der Waals surface area contributed by atoms with Gasteiger partial charge in [0.25, 0.3) is 0 Å². The zero-order chi connectivity index (χ0) is 0. The first-order chi connectivity index (χ1) is 0. The van der Waals surface area contributed by atoms with Gasteiger partial charge >= 0.3 is 17.4 Å². The average Bonchev–Trinajstić information content (AvgIpc) is 0. The van der Waals surface area contributed by atoms with Gasteiger partial charge in [0.1, 0.15) is 0 Å². The van der Waals surface area contributed by atoms with Crippen LogP contribution in [0.25, 0.3) is 0 Å². The van der Waals surface area contributed by atoms with Crippen LogP contribution in [0.5, 0.6) is 0 Å². The molecule has 7 heavy (non-hydrogen) atoms. The normalized spacial score (nSPS) is 0. The minimum absolute atomic E-state index is 0. The summed E-state index contributed by atoms with van der Waals surface area (Å²) in [6, 6.07) is 0. The Morgan fingerprint density at radius 2 is 0.286 bits per heavy atom. The van der Waals surface area contributed by atoms with Crippen LogP contribution in [0.4, 0.5) is 0 Å². The maximum Gasteiger partial charge on any atom is 3.00 e. The van der Waals surface area contributed by atoms with Crippen molar-refractivity contribution in [3.63, 3.8) is 0 Å². The molecule has 0 aliphatic heterocycles. The van der Waals surface area contributed by atoms with Gasteiger partial charge < -0.3 is 36.9 Å². The summed E-state index contributed by atoms with van der Waals surface area (Å²) in [6.45, 7) is 0. The topological polar surface area (TPSA) is 210 Å². The van der Waals surface area contributed by atoms with E-state index in [1.807, 2.05) is 0 Å². The third kappa shape index (κ3) is 1360. The Morgan fingerprint density at radius 3 is 0.286 bits per heavy atom. The van der Waals surface area contributed by atoms with Crippen LogP contribution in [-0.2, 0) is 0 Å². The third-order valence-corrected chi connectivity index (χ3v) is 0. The van der Waals surface area contributed by atoms with Crippen LogP contribution in [0.3, 0.4) is 0 Å². The molecule has 0 aliphatic rings. The second kappa shape index (κ2) is 2060. The van der Waals surface area contributed by atoms with Crippen molar-refractivity contribution >= 4 is 17.4 Å². The molecule has 0 saturated heterocycles. The van der Waals surface area contributed by atoms with Crippen LogP contribution in [0.15, 0.2) is 0 Å². The van der Waals surface area contributed by atoms with Gasteiger partial charge in [0.15, 0.2) is 0 Å². The molecule has 7 heteroatoms. The van der Waals surface area contributed by atoms with Crippen LogP contribution in [-0.4, -0.2) is 17.4 Å². The fourth-order valence-electron chi connectivity index (χ4n) is 0. The van der Waals surface area contributed by atoms with Crippen LogP contribution in [0.1, 0.15) is 0 Å². The van der Waals surface area contributed by atoms with Crippen molar-refractivity contribution in [2.75, 3.05) is 0 Å². The van der Waals surface area contributed by atoms with E-state index in [0.29, 0.717) is 0 Å². The molecule has 0 amide bonds. The van der Waals surface area contributed by atoms with Crippen molar-refractivity contribution in [2.45, 2.75) is 0 Å². The molecular formula is H18AlN6+3. The molecule has 0 spiro atoms. The number of hydrogen-bond acceptors (Lipinski definition) is 6. The van der Waals surface area contributed by atoms with Gasteiger partial charge in [-0.15, -0.1) is 0 Å². The van der Waals surface area contributed by atoms with E-state index in [9.17, 15) is 0 Å². The van der Waals surface area contributed by atoms with Crippen LogP contribution >= 0.6 is 0 Å². The summed E-state index contributed by atoms with van der Waals surface area (Å²) < 4.78 is 0. The monoisotopic (exact) mass is 129 g/mol. The minimum atomic E-state index is 0. The first kappa shape index (κ1) is 3380. The summed E-state index contributed by atoms with van der Waals surface area (Å²) in [4.78, 5) is 0. The van der Waals surface area contributed by atoms with Gasteiger partial charge in [-0.2, -0.15) is 0 Å². The average molecular weight is 129 g/mol. The second-order valence-electron chi connectivity index (χ2n) is 0.